The molecule has 17 heavy (non-hydrogen) atoms. The van der Waals surface area contributed by atoms with Crippen LogP contribution < -0.4 is 5.56 Å². The third kappa shape index (κ3) is 2.16. The van der Waals surface area contributed by atoms with Crippen molar-refractivity contribution >= 4 is 44.9 Å². The van der Waals surface area contributed by atoms with Crippen molar-refractivity contribution in [2.75, 3.05) is 6.26 Å². The van der Waals surface area contributed by atoms with Gasteiger partial charge in [-0.1, -0.05) is 23.4 Å². The fourth-order valence-corrected chi connectivity index (χ4v) is 3.09. The van der Waals surface area contributed by atoms with Gasteiger partial charge in [0.25, 0.3) is 5.56 Å². The molecule has 0 saturated carbocycles. The molecule has 2 aromatic rings. The molecule has 0 aliphatic heterocycles. The van der Waals surface area contributed by atoms with E-state index < -0.39 is 22.5 Å². The van der Waals surface area contributed by atoms with Gasteiger partial charge in [-0.2, -0.15) is 13.2 Å². The van der Waals surface area contributed by atoms with E-state index in [-0.39, 0.29) is 10.2 Å². The molecule has 0 atom stereocenters. The zero-order valence-corrected chi connectivity index (χ0v) is 10.6. The predicted octanol–water partition coefficient (Wildman–Crippen LogP) is 3.38. The molecule has 0 bridgehead atoms. The number of alkyl halides is 3. The number of rotatable bonds is 1. The van der Waals surface area contributed by atoms with E-state index in [2.05, 4.69) is 4.98 Å². The summed E-state index contributed by atoms with van der Waals surface area (Å²) in [6.45, 7) is 0. The van der Waals surface area contributed by atoms with Crippen molar-refractivity contribution in [2.24, 2.45) is 0 Å². The minimum Gasteiger partial charge on any atom is -0.315 e. The van der Waals surface area contributed by atoms with Crippen LogP contribution in [-0.2, 0) is 6.18 Å². The summed E-state index contributed by atoms with van der Waals surface area (Å²) in [6, 6.07) is 0. The fourth-order valence-electron chi connectivity index (χ4n) is 1.23. The van der Waals surface area contributed by atoms with E-state index in [1.165, 1.54) is 11.8 Å². The number of nitrogens with one attached hydrogen (secondary N) is 1. The van der Waals surface area contributed by atoms with E-state index in [0.29, 0.717) is 4.34 Å². The smallest absolute Gasteiger partial charge is 0.315 e. The van der Waals surface area contributed by atoms with Crippen LogP contribution in [0.2, 0.25) is 5.02 Å². The van der Waals surface area contributed by atoms with E-state index in [1.807, 2.05) is 0 Å². The van der Waals surface area contributed by atoms with E-state index in [0.717, 1.165) is 11.3 Å². The van der Waals surface area contributed by atoms with Gasteiger partial charge in [0.05, 0.1) is 9.72 Å². The first-order valence-corrected chi connectivity index (χ1v) is 6.60. The van der Waals surface area contributed by atoms with Crippen molar-refractivity contribution in [1.29, 1.82) is 0 Å². The maximum absolute atomic E-state index is 12.6. The lowest BCUT2D eigenvalue weighted by atomic mass is 10.3. The summed E-state index contributed by atoms with van der Waals surface area (Å²) in [6.07, 6.45) is -2.97. The van der Waals surface area contributed by atoms with E-state index in [1.54, 1.807) is 11.2 Å². The Hall–Kier alpha value is -0.730. The number of halogens is 4. The molecule has 0 spiro atoms. The summed E-state index contributed by atoms with van der Waals surface area (Å²) in [7, 11) is 0. The molecular weight excluding hydrogens is 297 g/mol. The summed E-state index contributed by atoms with van der Waals surface area (Å²) >= 11 is 7.85. The Morgan fingerprint density at radius 1 is 1.47 bits per heavy atom. The second-order valence-corrected chi connectivity index (χ2v) is 5.43. The molecule has 0 aromatic carbocycles. The molecule has 3 nitrogen and oxygen atoms in total. The summed E-state index contributed by atoms with van der Waals surface area (Å²) in [4.78, 5) is 17.1. The van der Waals surface area contributed by atoms with Gasteiger partial charge in [-0.15, -0.1) is 11.3 Å². The number of nitrogens with zero attached hydrogens (tertiary/aromatic N) is 1. The highest BCUT2D eigenvalue weighted by molar-refractivity contribution is 8.00. The van der Waals surface area contributed by atoms with Crippen molar-refractivity contribution in [1.82, 2.24) is 9.97 Å². The quantitative estimate of drug-likeness (QED) is 0.821. The lowest BCUT2D eigenvalue weighted by Gasteiger charge is -2.07. The molecule has 2 heterocycles. The molecule has 9 heteroatoms. The Morgan fingerprint density at radius 2 is 2.12 bits per heavy atom. The van der Waals surface area contributed by atoms with Crippen LogP contribution in [0.15, 0.2) is 9.13 Å². The van der Waals surface area contributed by atoms with Gasteiger partial charge in [0.2, 0.25) is 0 Å². The van der Waals surface area contributed by atoms with Gasteiger partial charge in [-0.3, -0.25) is 4.79 Å². The van der Waals surface area contributed by atoms with Crippen LogP contribution in [0.1, 0.15) is 5.69 Å². The van der Waals surface area contributed by atoms with Gasteiger partial charge >= 0.3 is 6.18 Å². The molecule has 1 N–H and O–H groups in total. The van der Waals surface area contributed by atoms with E-state index >= 15 is 0 Å². The lowest BCUT2D eigenvalue weighted by Crippen LogP contribution is -2.17. The van der Waals surface area contributed by atoms with E-state index in [4.69, 9.17) is 11.6 Å². The van der Waals surface area contributed by atoms with Crippen LogP contribution in [-0.4, -0.2) is 16.2 Å². The fraction of sp³-hybridized carbons (Fsp3) is 0.250. The van der Waals surface area contributed by atoms with Crippen LogP contribution in [0.3, 0.4) is 0 Å². The minimum absolute atomic E-state index is 0.0580. The topological polar surface area (TPSA) is 45.8 Å². The van der Waals surface area contributed by atoms with Crippen LogP contribution in [0.25, 0.3) is 10.2 Å². The molecule has 0 aliphatic rings. The highest BCUT2D eigenvalue weighted by Gasteiger charge is 2.36. The molecule has 92 valence electrons. The third-order valence-corrected chi connectivity index (χ3v) is 4.49. The average molecular weight is 301 g/mol. The van der Waals surface area contributed by atoms with Crippen LogP contribution in [0, 0.1) is 0 Å². The normalized spacial score (nSPS) is 12.3. The Balaban J connectivity index is 2.84. The number of hydrogen-bond acceptors (Lipinski definition) is 4. The number of fused-ring (bicyclic) bond motifs is 1. The Bertz CT molecular complexity index is 634. The number of aromatic amines is 1. The Kier molecular flexibility index (Phi) is 3.13. The van der Waals surface area contributed by atoms with Crippen molar-refractivity contribution in [3.8, 4) is 0 Å². The first-order chi connectivity index (χ1) is 7.84. The molecule has 0 radical (unpaired) electrons. The van der Waals surface area contributed by atoms with Crippen molar-refractivity contribution in [3.63, 3.8) is 0 Å². The van der Waals surface area contributed by atoms with Gasteiger partial charge in [0, 0.05) is 0 Å². The van der Waals surface area contributed by atoms with Crippen molar-refractivity contribution < 1.29 is 13.2 Å². The van der Waals surface area contributed by atoms with Crippen molar-refractivity contribution in [3.05, 3.63) is 21.1 Å². The maximum atomic E-state index is 12.6. The largest absolute Gasteiger partial charge is 0.432 e. The number of hydrogen-bond donors (Lipinski definition) is 1. The molecular formula is C8H4ClF3N2OS2. The standard InChI is InChI=1S/C8H4ClF3N2OS2/c1-16-7-13-3-4(17-7)2(9)5(8(10,11)12)14-6(3)15/h1H3,(H,14,15). The number of pyridine rings is 1. The molecule has 0 unspecified atom stereocenters. The predicted molar refractivity (Wildman–Crippen MR) is 62.0 cm³/mol. The molecule has 0 amide bonds. The SMILES string of the molecule is CSc1nc2c(=O)[nH]c(C(F)(F)F)c(Cl)c2s1. The number of H-pyrrole nitrogens is 1. The summed E-state index contributed by atoms with van der Waals surface area (Å²) in [5.74, 6) is 0. The summed E-state index contributed by atoms with van der Waals surface area (Å²) < 4.78 is 38.3. The molecule has 2 rings (SSSR count). The summed E-state index contributed by atoms with van der Waals surface area (Å²) in [5.41, 5.74) is -2.17. The van der Waals surface area contributed by atoms with Gasteiger partial charge in [0.15, 0.2) is 4.34 Å². The monoisotopic (exact) mass is 300 g/mol. The second-order valence-electron chi connectivity index (χ2n) is 3.00. The summed E-state index contributed by atoms with van der Waals surface area (Å²) in [5, 5.41) is -0.509. The first-order valence-electron chi connectivity index (χ1n) is 4.18. The number of aromatic nitrogens is 2. The first kappa shape index (κ1) is 12.7. The zero-order valence-electron chi connectivity index (χ0n) is 8.18. The van der Waals surface area contributed by atoms with Gasteiger partial charge < -0.3 is 4.98 Å². The molecule has 0 saturated heterocycles. The van der Waals surface area contributed by atoms with E-state index in [9.17, 15) is 18.0 Å². The molecule has 0 aliphatic carbocycles. The molecule has 0 fully saturated rings. The number of thioether (sulfide) groups is 1. The molecule has 2 aromatic heterocycles. The van der Waals surface area contributed by atoms with Crippen LogP contribution >= 0.6 is 34.7 Å². The van der Waals surface area contributed by atoms with Crippen LogP contribution in [0.4, 0.5) is 13.2 Å². The third-order valence-electron chi connectivity index (χ3n) is 1.94. The van der Waals surface area contributed by atoms with Crippen molar-refractivity contribution in [2.45, 2.75) is 10.5 Å². The lowest BCUT2D eigenvalue weighted by molar-refractivity contribution is -0.141. The highest BCUT2D eigenvalue weighted by atomic mass is 35.5. The zero-order chi connectivity index (χ0) is 12.8. The number of thiazole rings is 1. The highest BCUT2D eigenvalue weighted by Crippen LogP contribution is 2.38. The Morgan fingerprint density at radius 3 is 2.65 bits per heavy atom. The van der Waals surface area contributed by atoms with Crippen LogP contribution in [0.5, 0.6) is 0 Å². The van der Waals surface area contributed by atoms with Gasteiger partial charge in [-0.25, -0.2) is 4.98 Å². The second kappa shape index (κ2) is 4.18. The van der Waals surface area contributed by atoms with Gasteiger partial charge in [-0.05, 0) is 6.26 Å². The average Bonchev–Trinajstić information content (AvgIpc) is 2.66. The minimum atomic E-state index is -4.69. The van der Waals surface area contributed by atoms with Gasteiger partial charge in [0.1, 0.15) is 11.2 Å². The maximum Gasteiger partial charge on any atom is 0.432 e. The Labute approximate surface area is 106 Å².